The van der Waals surface area contributed by atoms with Gasteiger partial charge in [0.05, 0.1) is 30.2 Å². The van der Waals surface area contributed by atoms with Crippen LogP contribution in [0.3, 0.4) is 0 Å². The molecule has 0 aliphatic carbocycles. The predicted octanol–water partition coefficient (Wildman–Crippen LogP) is 5.36. The Balaban J connectivity index is 1.15. The van der Waals surface area contributed by atoms with Gasteiger partial charge in [-0.15, -0.1) is 0 Å². The first-order chi connectivity index (χ1) is 19.6. The van der Waals surface area contributed by atoms with E-state index in [1.165, 1.54) is 5.56 Å². The minimum Gasteiger partial charge on any atom is -0.492 e. The van der Waals surface area contributed by atoms with E-state index in [2.05, 4.69) is 33.1 Å². The summed E-state index contributed by atoms with van der Waals surface area (Å²) in [7, 11) is 0. The molecule has 1 aromatic heterocycles. The molecule has 5 rings (SSSR count). The molecular formula is C32H32ClN5O2. The van der Waals surface area contributed by atoms with E-state index >= 15 is 0 Å². The van der Waals surface area contributed by atoms with E-state index in [4.69, 9.17) is 16.3 Å². The van der Waals surface area contributed by atoms with Gasteiger partial charge in [0.25, 0.3) is 0 Å². The zero-order valence-corrected chi connectivity index (χ0v) is 23.1. The second-order valence-corrected chi connectivity index (χ2v) is 10.4. The number of aryl methyl sites for hydroxylation is 1. The number of benzene rings is 3. The fraction of sp³-hybridized carbons (Fsp3) is 0.281. The average molecular weight is 554 g/mol. The summed E-state index contributed by atoms with van der Waals surface area (Å²) in [6, 6.07) is 25.6. The molecule has 8 heteroatoms. The van der Waals surface area contributed by atoms with Crippen molar-refractivity contribution in [2.75, 3.05) is 13.2 Å². The SMILES string of the molecule is N#Cc1ccc(Cn2cncc2CN[C@@H]2CCN(Cc3cccc(Cl)c3)C2=O)cc1OCCCc1ccccc1. The number of hydrogen-bond acceptors (Lipinski definition) is 5. The van der Waals surface area contributed by atoms with Crippen LogP contribution in [0.4, 0.5) is 0 Å². The van der Waals surface area contributed by atoms with Crippen LogP contribution in [0.25, 0.3) is 0 Å². The monoisotopic (exact) mass is 553 g/mol. The number of nitrogens with zero attached hydrogens (tertiary/aromatic N) is 4. The summed E-state index contributed by atoms with van der Waals surface area (Å²) >= 11 is 6.10. The van der Waals surface area contributed by atoms with Crippen LogP contribution < -0.4 is 10.1 Å². The normalized spacial score (nSPS) is 14.8. The quantitative estimate of drug-likeness (QED) is 0.239. The van der Waals surface area contributed by atoms with E-state index in [-0.39, 0.29) is 11.9 Å². The highest BCUT2D eigenvalue weighted by Gasteiger charge is 2.31. The zero-order valence-electron chi connectivity index (χ0n) is 22.3. The smallest absolute Gasteiger partial charge is 0.240 e. The molecule has 0 saturated carbocycles. The number of amides is 1. The summed E-state index contributed by atoms with van der Waals surface area (Å²) in [5.74, 6) is 0.705. The number of aromatic nitrogens is 2. The molecule has 0 spiro atoms. The number of likely N-dealkylation sites (tertiary alicyclic amines) is 1. The van der Waals surface area contributed by atoms with Crippen LogP contribution in [0, 0.1) is 11.3 Å². The van der Waals surface area contributed by atoms with Crippen molar-refractivity contribution in [1.29, 1.82) is 5.26 Å². The number of hydrogen-bond donors (Lipinski definition) is 1. The van der Waals surface area contributed by atoms with Crippen molar-refractivity contribution in [3.63, 3.8) is 0 Å². The number of nitrogens with one attached hydrogen (secondary N) is 1. The maximum atomic E-state index is 13.0. The van der Waals surface area contributed by atoms with E-state index in [1.54, 1.807) is 6.33 Å². The lowest BCUT2D eigenvalue weighted by Crippen LogP contribution is -2.38. The first kappa shape index (κ1) is 27.4. The number of carbonyl (C=O) groups excluding carboxylic acids is 1. The van der Waals surface area contributed by atoms with E-state index in [0.29, 0.717) is 49.1 Å². The number of nitriles is 1. The summed E-state index contributed by atoms with van der Waals surface area (Å²) < 4.78 is 8.07. The fourth-order valence-electron chi connectivity index (χ4n) is 4.98. The molecule has 40 heavy (non-hydrogen) atoms. The molecule has 0 radical (unpaired) electrons. The topological polar surface area (TPSA) is 83.2 Å². The van der Waals surface area contributed by atoms with Gasteiger partial charge in [-0.05, 0) is 60.2 Å². The van der Waals surface area contributed by atoms with Crippen molar-refractivity contribution in [2.24, 2.45) is 0 Å². The largest absolute Gasteiger partial charge is 0.492 e. The number of ether oxygens (including phenoxy) is 1. The summed E-state index contributed by atoms with van der Waals surface area (Å²) in [6.07, 6.45) is 6.16. The molecule has 1 fully saturated rings. The maximum Gasteiger partial charge on any atom is 0.240 e. The summed E-state index contributed by atoms with van der Waals surface area (Å²) in [6.45, 7) is 2.92. The van der Waals surface area contributed by atoms with E-state index in [1.807, 2.05) is 71.8 Å². The summed E-state index contributed by atoms with van der Waals surface area (Å²) in [5, 5.41) is 13.7. The van der Waals surface area contributed by atoms with Gasteiger partial charge in [-0.1, -0.05) is 60.1 Å². The van der Waals surface area contributed by atoms with Crippen molar-refractivity contribution in [2.45, 2.75) is 44.9 Å². The van der Waals surface area contributed by atoms with Gasteiger partial charge >= 0.3 is 0 Å². The van der Waals surface area contributed by atoms with Crippen LogP contribution in [-0.2, 0) is 30.8 Å². The highest BCUT2D eigenvalue weighted by atomic mass is 35.5. The molecule has 0 bridgehead atoms. The molecule has 1 saturated heterocycles. The highest BCUT2D eigenvalue weighted by molar-refractivity contribution is 6.30. The van der Waals surface area contributed by atoms with Gasteiger partial charge in [0.1, 0.15) is 11.8 Å². The molecule has 1 N–H and O–H groups in total. The zero-order chi connectivity index (χ0) is 27.7. The third kappa shape index (κ3) is 7.09. The lowest BCUT2D eigenvalue weighted by Gasteiger charge is -2.18. The highest BCUT2D eigenvalue weighted by Crippen LogP contribution is 2.22. The predicted molar refractivity (Wildman–Crippen MR) is 155 cm³/mol. The lowest BCUT2D eigenvalue weighted by atomic mass is 10.1. The molecule has 2 heterocycles. The van der Waals surface area contributed by atoms with Crippen LogP contribution in [0.15, 0.2) is 85.3 Å². The summed E-state index contributed by atoms with van der Waals surface area (Å²) in [5.41, 5.74) is 4.83. The average Bonchev–Trinajstić information content (AvgIpc) is 3.56. The Morgan fingerprint density at radius 3 is 2.67 bits per heavy atom. The third-order valence-corrected chi connectivity index (χ3v) is 7.35. The number of carbonyl (C=O) groups is 1. The molecule has 1 amide bonds. The molecule has 3 aromatic carbocycles. The first-order valence-corrected chi connectivity index (χ1v) is 13.9. The Morgan fingerprint density at radius 1 is 1.02 bits per heavy atom. The molecule has 1 aliphatic heterocycles. The summed E-state index contributed by atoms with van der Waals surface area (Å²) in [4.78, 5) is 19.2. The van der Waals surface area contributed by atoms with Gasteiger partial charge in [-0.3, -0.25) is 4.79 Å². The van der Waals surface area contributed by atoms with Gasteiger partial charge < -0.3 is 19.5 Å². The molecule has 1 atom stereocenters. The molecule has 204 valence electrons. The van der Waals surface area contributed by atoms with Gasteiger partial charge in [-0.2, -0.15) is 5.26 Å². The van der Waals surface area contributed by atoms with Crippen molar-refractivity contribution < 1.29 is 9.53 Å². The minimum absolute atomic E-state index is 0.104. The van der Waals surface area contributed by atoms with Crippen LogP contribution >= 0.6 is 11.6 Å². The third-order valence-electron chi connectivity index (χ3n) is 7.12. The number of imidazole rings is 1. The molecule has 0 unspecified atom stereocenters. The van der Waals surface area contributed by atoms with Gasteiger partial charge in [0.15, 0.2) is 0 Å². The Kier molecular flexibility index (Phi) is 9.12. The van der Waals surface area contributed by atoms with E-state index in [0.717, 1.165) is 36.1 Å². The van der Waals surface area contributed by atoms with Gasteiger partial charge in [0, 0.05) is 37.4 Å². The van der Waals surface area contributed by atoms with E-state index < -0.39 is 0 Å². The molecule has 1 aliphatic rings. The Labute approximate surface area is 240 Å². The Hall–Kier alpha value is -4.12. The van der Waals surface area contributed by atoms with Crippen molar-refractivity contribution >= 4 is 17.5 Å². The molecule has 4 aromatic rings. The van der Waals surface area contributed by atoms with Gasteiger partial charge in [0.2, 0.25) is 5.91 Å². The lowest BCUT2D eigenvalue weighted by molar-refractivity contribution is -0.129. The van der Waals surface area contributed by atoms with Gasteiger partial charge in [-0.25, -0.2) is 4.98 Å². The number of rotatable bonds is 12. The standard InChI is InChI=1S/C32H32ClN5O2/c33-28-10-4-8-25(16-28)21-37-14-13-30(32(37)39)36-20-29-19-35-23-38(29)22-26-11-12-27(18-34)31(17-26)40-15-5-9-24-6-2-1-3-7-24/h1-4,6-8,10-12,16-17,19,23,30,36H,5,9,13-15,20-22H2/t30-/m1/s1. The van der Waals surface area contributed by atoms with Crippen molar-refractivity contribution in [3.05, 3.63) is 118 Å². The van der Waals surface area contributed by atoms with E-state index in [9.17, 15) is 10.1 Å². The number of halogens is 1. The van der Waals surface area contributed by atoms with Crippen LogP contribution in [0.5, 0.6) is 5.75 Å². The van der Waals surface area contributed by atoms with Crippen molar-refractivity contribution in [3.8, 4) is 11.8 Å². The van der Waals surface area contributed by atoms with Crippen LogP contribution in [0.2, 0.25) is 5.02 Å². The second-order valence-electron chi connectivity index (χ2n) is 10.0. The van der Waals surface area contributed by atoms with Crippen molar-refractivity contribution in [1.82, 2.24) is 19.8 Å². The minimum atomic E-state index is -0.228. The van der Waals surface area contributed by atoms with Crippen LogP contribution in [0.1, 0.15) is 40.8 Å². The molecular weight excluding hydrogens is 522 g/mol. The molecule has 7 nitrogen and oxygen atoms in total. The Bertz CT molecular complexity index is 1480. The Morgan fingerprint density at radius 2 is 1.85 bits per heavy atom. The van der Waals surface area contributed by atoms with Crippen LogP contribution in [-0.4, -0.2) is 39.6 Å². The second kappa shape index (κ2) is 13.3. The first-order valence-electron chi connectivity index (χ1n) is 13.5. The maximum absolute atomic E-state index is 13.0. The fourth-order valence-corrected chi connectivity index (χ4v) is 5.20.